The molecular weight excluding hydrogens is 182 g/mol. The van der Waals surface area contributed by atoms with E-state index in [1.807, 2.05) is 0 Å². The Hall–Kier alpha value is -0.0400. The maximum Gasteiger partial charge on any atom is -0.00204 e. The van der Waals surface area contributed by atoms with Crippen LogP contribution in [0.15, 0.2) is 0 Å². The molecule has 0 aromatic rings. The molecule has 0 aromatic heterocycles. The average Bonchev–Trinajstić information content (AvgIpc) is 2.63. The third-order valence-corrected chi connectivity index (χ3v) is 3.69. The third-order valence-electron chi connectivity index (χ3n) is 3.69. The predicted molar refractivity (Wildman–Crippen MR) is 68.1 cm³/mol. The molecule has 1 aliphatic carbocycles. The molecule has 1 nitrogen and oxygen atoms in total. The summed E-state index contributed by atoms with van der Waals surface area (Å²) in [6.45, 7) is 7.19. The van der Waals surface area contributed by atoms with Crippen LogP contribution in [0.3, 0.4) is 0 Å². The van der Waals surface area contributed by atoms with Crippen molar-refractivity contribution in [3.63, 3.8) is 0 Å². The summed E-state index contributed by atoms with van der Waals surface area (Å²) in [4.78, 5) is 0. The van der Waals surface area contributed by atoms with E-state index in [-0.39, 0.29) is 0 Å². The lowest BCUT2D eigenvalue weighted by Crippen LogP contribution is -2.22. The van der Waals surface area contributed by atoms with Gasteiger partial charge in [-0.15, -0.1) is 0 Å². The normalized spacial score (nSPS) is 26.0. The van der Waals surface area contributed by atoms with Gasteiger partial charge in [-0.1, -0.05) is 46.0 Å². The first-order valence-corrected chi connectivity index (χ1v) is 7.03. The molecule has 90 valence electrons. The van der Waals surface area contributed by atoms with Gasteiger partial charge in [0.25, 0.3) is 0 Å². The van der Waals surface area contributed by atoms with Gasteiger partial charge in [0, 0.05) is 0 Å². The van der Waals surface area contributed by atoms with E-state index in [4.69, 9.17) is 0 Å². The topological polar surface area (TPSA) is 12.0 Å². The molecule has 2 unspecified atom stereocenters. The van der Waals surface area contributed by atoms with Crippen LogP contribution < -0.4 is 5.32 Å². The molecule has 0 aromatic carbocycles. The van der Waals surface area contributed by atoms with Gasteiger partial charge in [0.2, 0.25) is 0 Å². The highest BCUT2D eigenvalue weighted by Gasteiger charge is 2.20. The molecule has 0 bridgehead atoms. The fraction of sp³-hybridized carbons (Fsp3) is 1.00. The molecule has 0 radical (unpaired) electrons. The van der Waals surface area contributed by atoms with E-state index in [9.17, 15) is 0 Å². The Labute approximate surface area is 96.0 Å². The third kappa shape index (κ3) is 6.19. The first-order chi connectivity index (χ1) is 7.33. The minimum atomic E-state index is 0.982. The average molecular weight is 211 g/mol. The van der Waals surface area contributed by atoms with Crippen LogP contribution in [-0.4, -0.2) is 13.1 Å². The van der Waals surface area contributed by atoms with Gasteiger partial charge >= 0.3 is 0 Å². The minimum Gasteiger partial charge on any atom is -0.316 e. The van der Waals surface area contributed by atoms with Crippen molar-refractivity contribution in [1.29, 1.82) is 0 Å². The molecule has 0 aliphatic heterocycles. The smallest absolute Gasteiger partial charge is 0.00204 e. The van der Waals surface area contributed by atoms with Crippen molar-refractivity contribution in [2.24, 2.45) is 11.8 Å². The highest BCUT2D eigenvalue weighted by atomic mass is 14.9. The number of unbranched alkanes of at least 4 members (excludes halogenated alkanes) is 4. The second-order valence-corrected chi connectivity index (χ2v) is 5.40. The zero-order chi connectivity index (χ0) is 10.9. The van der Waals surface area contributed by atoms with Crippen molar-refractivity contribution >= 4 is 0 Å². The van der Waals surface area contributed by atoms with E-state index in [1.165, 1.54) is 64.5 Å². The monoisotopic (exact) mass is 211 g/mol. The number of rotatable bonds is 8. The quantitative estimate of drug-likeness (QED) is 0.599. The lowest BCUT2D eigenvalue weighted by molar-refractivity contribution is 0.463. The summed E-state index contributed by atoms with van der Waals surface area (Å²) in [7, 11) is 0. The van der Waals surface area contributed by atoms with Gasteiger partial charge in [-0.3, -0.25) is 0 Å². The Morgan fingerprint density at radius 1 is 1.07 bits per heavy atom. The first-order valence-electron chi connectivity index (χ1n) is 7.03. The van der Waals surface area contributed by atoms with Gasteiger partial charge < -0.3 is 5.32 Å². The van der Waals surface area contributed by atoms with E-state index in [0.717, 1.165) is 11.8 Å². The summed E-state index contributed by atoms with van der Waals surface area (Å²) in [5, 5.41) is 3.62. The maximum absolute atomic E-state index is 3.62. The van der Waals surface area contributed by atoms with Gasteiger partial charge in [0.05, 0.1) is 0 Å². The van der Waals surface area contributed by atoms with Crippen molar-refractivity contribution in [3.8, 4) is 0 Å². The summed E-state index contributed by atoms with van der Waals surface area (Å²) < 4.78 is 0. The van der Waals surface area contributed by atoms with Crippen LogP contribution in [0.4, 0.5) is 0 Å². The Morgan fingerprint density at radius 2 is 1.87 bits per heavy atom. The summed E-state index contributed by atoms with van der Waals surface area (Å²) in [5.74, 6) is 1.97. The molecular formula is C14H29N. The van der Waals surface area contributed by atoms with E-state index in [0.29, 0.717) is 0 Å². The second-order valence-electron chi connectivity index (χ2n) is 5.40. The Bertz CT molecular complexity index is 144. The second kappa shape index (κ2) is 8.15. The number of nitrogens with one attached hydrogen (secondary N) is 1. The highest BCUT2D eigenvalue weighted by Crippen LogP contribution is 2.29. The molecule has 1 fully saturated rings. The Morgan fingerprint density at radius 3 is 2.53 bits per heavy atom. The standard InChI is InChI=1S/C14H29N/c1-3-4-5-6-7-10-15-12-14-9-8-13(2)11-14/h13-15H,3-12H2,1-2H3. The molecule has 15 heavy (non-hydrogen) atoms. The summed E-state index contributed by atoms with van der Waals surface area (Å²) >= 11 is 0. The van der Waals surface area contributed by atoms with Gasteiger partial charge in [-0.05, 0) is 44.2 Å². The zero-order valence-electron chi connectivity index (χ0n) is 10.7. The summed E-state index contributed by atoms with van der Waals surface area (Å²) in [5.41, 5.74) is 0. The molecule has 0 spiro atoms. The van der Waals surface area contributed by atoms with Crippen molar-refractivity contribution in [2.75, 3.05) is 13.1 Å². The van der Waals surface area contributed by atoms with E-state index < -0.39 is 0 Å². The fourth-order valence-corrected chi connectivity index (χ4v) is 2.67. The van der Waals surface area contributed by atoms with Crippen molar-refractivity contribution in [1.82, 2.24) is 5.32 Å². The van der Waals surface area contributed by atoms with Crippen molar-refractivity contribution in [3.05, 3.63) is 0 Å². The zero-order valence-corrected chi connectivity index (χ0v) is 10.7. The van der Waals surface area contributed by atoms with Crippen LogP contribution in [0.25, 0.3) is 0 Å². The molecule has 0 heterocycles. The number of hydrogen-bond donors (Lipinski definition) is 1. The minimum absolute atomic E-state index is 0.982. The molecule has 2 atom stereocenters. The highest BCUT2D eigenvalue weighted by molar-refractivity contribution is 4.74. The molecule has 0 saturated heterocycles. The van der Waals surface area contributed by atoms with E-state index >= 15 is 0 Å². The SMILES string of the molecule is CCCCCCCNCC1CCC(C)C1. The molecule has 1 rings (SSSR count). The molecule has 1 heteroatoms. The van der Waals surface area contributed by atoms with Gasteiger partial charge in [-0.25, -0.2) is 0 Å². The van der Waals surface area contributed by atoms with Crippen LogP contribution in [0.5, 0.6) is 0 Å². The van der Waals surface area contributed by atoms with Crippen molar-refractivity contribution < 1.29 is 0 Å². The molecule has 1 aliphatic rings. The lowest BCUT2D eigenvalue weighted by Gasteiger charge is -2.10. The Kier molecular flexibility index (Phi) is 7.08. The summed E-state index contributed by atoms with van der Waals surface area (Å²) in [6.07, 6.45) is 11.4. The maximum atomic E-state index is 3.62. The van der Waals surface area contributed by atoms with Crippen molar-refractivity contribution in [2.45, 2.75) is 65.2 Å². The molecule has 0 amide bonds. The van der Waals surface area contributed by atoms with Gasteiger partial charge in [0.15, 0.2) is 0 Å². The molecule has 1 N–H and O–H groups in total. The van der Waals surface area contributed by atoms with Crippen LogP contribution >= 0.6 is 0 Å². The predicted octanol–water partition coefficient (Wildman–Crippen LogP) is 3.98. The van der Waals surface area contributed by atoms with Gasteiger partial charge in [0.1, 0.15) is 0 Å². The largest absolute Gasteiger partial charge is 0.316 e. The van der Waals surface area contributed by atoms with Crippen LogP contribution in [0.2, 0.25) is 0 Å². The van der Waals surface area contributed by atoms with Gasteiger partial charge in [-0.2, -0.15) is 0 Å². The summed E-state index contributed by atoms with van der Waals surface area (Å²) in [6, 6.07) is 0. The van der Waals surface area contributed by atoms with E-state index in [2.05, 4.69) is 19.2 Å². The van der Waals surface area contributed by atoms with Crippen LogP contribution in [0, 0.1) is 11.8 Å². The lowest BCUT2D eigenvalue weighted by atomic mass is 10.1. The van der Waals surface area contributed by atoms with Crippen LogP contribution in [-0.2, 0) is 0 Å². The molecule has 1 saturated carbocycles. The fourth-order valence-electron chi connectivity index (χ4n) is 2.67. The Balaban J connectivity index is 1.81. The van der Waals surface area contributed by atoms with E-state index in [1.54, 1.807) is 0 Å². The first kappa shape index (κ1) is 13.0. The van der Waals surface area contributed by atoms with Crippen LogP contribution in [0.1, 0.15) is 65.2 Å². The number of hydrogen-bond acceptors (Lipinski definition) is 1.